The van der Waals surface area contributed by atoms with Gasteiger partial charge in [-0.05, 0) is 42.0 Å². The van der Waals surface area contributed by atoms with E-state index in [-0.39, 0.29) is 21.6 Å². The largest absolute Gasteiger partial charge is 0.495 e. The van der Waals surface area contributed by atoms with Crippen LogP contribution < -0.4 is 4.74 Å². The molecule has 0 aliphatic carbocycles. The zero-order chi connectivity index (χ0) is 27.6. The number of benzene rings is 3. The molecule has 1 aliphatic rings. The zero-order valence-electron chi connectivity index (χ0n) is 21.3. The molecule has 0 unspecified atom stereocenters. The van der Waals surface area contributed by atoms with Crippen LogP contribution in [0.1, 0.15) is 21.5 Å². The van der Waals surface area contributed by atoms with E-state index in [0.717, 1.165) is 5.39 Å². The van der Waals surface area contributed by atoms with Crippen molar-refractivity contribution in [2.45, 2.75) is 17.2 Å². The fraction of sp³-hybridized carbons (Fsp3) is 0.241. The van der Waals surface area contributed by atoms with Crippen molar-refractivity contribution in [2.75, 3.05) is 33.3 Å². The van der Waals surface area contributed by atoms with Crippen LogP contribution in [0.2, 0.25) is 5.02 Å². The molecule has 1 aliphatic heterocycles. The predicted molar refractivity (Wildman–Crippen MR) is 148 cm³/mol. The smallest absolute Gasteiger partial charge is 0.253 e. The minimum absolute atomic E-state index is 0.123. The number of hydrogen-bond donors (Lipinski definition) is 0. The summed E-state index contributed by atoms with van der Waals surface area (Å²) in [6.45, 7) is 2.55. The monoisotopic (exact) mass is 567 g/mol. The van der Waals surface area contributed by atoms with E-state index in [1.807, 2.05) is 12.1 Å². The Labute approximate surface area is 231 Å². The minimum Gasteiger partial charge on any atom is -0.495 e. The second-order valence-electron chi connectivity index (χ2n) is 9.43. The maximum absolute atomic E-state index is 14.4. The molecule has 1 saturated heterocycles. The van der Waals surface area contributed by atoms with Crippen LogP contribution in [0.3, 0.4) is 0 Å². The molecule has 1 fully saturated rings. The number of amides is 1. The zero-order valence-corrected chi connectivity index (χ0v) is 22.9. The SMILES string of the molecule is COc1cc(CN2CCN(C(=O)c3ccc(CS(=O)(=O)c4cccc5cccnc45)cc3)CC2)c(F)cc1Cl. The van der Waals surface area contributed by atoms with Gasteiger partial charge in [-0.2, -0.15) is 0 Å². The van der Waals surface area contributed by atoms with Crippen molar-refractivity contribution in [3.8, 4) is 5.75 Å². The Morgan fingerprint density at radius 1 is 1.03 bits per heavy atom. The first-order chi connectivity index (χ1) is 18.7. The standard InChI is InChI=1S/C29H27ClFN3O4S/c1-38-26-16-23(25(31)17-24(26)30)18-33-12-14-34(15-13-33)29(35)22-9-7-20(8-10-22)19-39(36,37)27-6-2-4-21-5-3-11-32-28(21)27/h2-11,16-17H,12-15,18-19H2,1H3. The number of methoxy groups -OCH3 is 1. The molecule has 39 heavy (non-hydrogen) atoms. The molecule has 1 amide bonds. The van der Waals surface area contributed by atoms with Gasteiger partial charge in [0, 0.05) is 55.4 Å². The van der Waals surface area contributed by atoms with Crippen LogP contribution in [0, 0.1) is 5.82 Å². The van der Waals surface area contributed by atoms with Gasteiger partial charge in [-0.3, -0.25) is 14.7 Å². The molecule has 0 bridgehead atoms. The quantitative estimate of drug-likeness (QED) is 0.314. The summed E-state index contributed by atoms with van der Waals surface area (Å²) in [5.74, 6) is -0.284. The van der Waals surface area contributed by atoms with Crippen LogP contribution in [0.25, 0.3) is 10.9 Å². The van der Waals surface area contributed by atoms with Crippen LogP contribution in [-0.2, 0) is 22.1 Å². The maximum atomic E-state index is 14.4. The highest BCUT2D eigenvalue weighted by atomic mass is 35.5. The number of aromatic nitrogens is 1. The number of fused-ring (bicyclic) bond motifs is 1. The Bertz CT molecular complexity index is 1620. The molecule has 202 valence electrons. The van der Waals surface area contributed by atoms with E-state index in [0.29, 0.717) is 60.7 Å². The van der Waals surface area contributed by atoms with Gasteiger partial charge >= 0.3 is 0 Å². The second-order valence-corrected chi connectivity index (χ2v) is 11.8. The van der Waals surface area contributed by atoms with E-state index in [4.69, 9.17) is 16.3 Å². The summed E-state index contributed by atoms with van der Waals surface area (Å²) in [5, 5.41) is 0.987. The molecule has 0 N–H and O–H groups in total. The van der Waals surface area contributed by atoms with Crippen molar-refractivity contribution >= 4 is 38.2 Å². The van der Waals surface area contributed by atoms with Gasteiger partial charge in [0.05, 0.1) is 28.3 Å². The number of carbonyl (C=O) groups is 1. The van der Waals surface area contributed by atoms with Crippen LogP contribution in [0.5, 0.6) is 5.75 Å². The number of para-hydroxylation sites is 1. The lowest BCUT2D eigenvalue weighted by Gasteiger charge is -2.35. The summed E-state index contributed by atoms with van der Waals surface area (Å²) in [6, 6.07) is 18.2. The van der Waals surface area contributed by atoms with Crippen molar-refractivity contribution in [1.29, 1.82) is 0 Å². The first kappa shape index (κ1) is 27.1. The summed E-state index contributed by atoms with van der Waals surface area (Å²) >= 11 is 5.99. The van der Waals surface area contributed by atoms with Crippen LogP contribution in [0.15, 0.2) is 77.8 Å². The molecule has 2 heterocycles. The number of sulfone groups is 1. The Kier molecular flexibility index (Phi) is 7.83. The highest BCUT2D eigenvalue weighted by Crippen LogP contribution is 2.28. The Hall–Kier alpha value is -3.53. The number of halogens is 2. The molecule has 0 atom stereocenters. The van der Waals surface area contributed by atoms with Gasteiger partial charge in [-0.1, -0.05) is 41.9 Å². The van der Waals surface area contributed by atoms with Gasteiger partial charge in [0.2, 0.25) is 0 Å². The van der Waals surface area contributed by atoms with Gasteiger partial charge in [-0.25, -0.2) is 12.8 Å². The molecular formula is C29H27ClFN3O4S. The molecule has 7 nitrogen and oxygen atoms in total. The third-order valence-electron chi connectivity index (χ3n) is 6.86. The normalized spacial score (nSPS) is 14.5. The van der Waals surface area contributed by atoms with Gasteiger partial charge in [0.15, 0.2) is 9.84 Å². The molecule has 0 spiro atoms. The summed E-state index contributed by atoms with van der Waals surface area (Å²) in [7, 11) is -2.15. The van der Waals surface area contributed by atoms with Crippen molar-refractivity contribution in [3.63, 3.8) is 0 Å². The fourth-order valence-corrected chi connectivity index (χ4v) is 6.51. The number of piperazine rings is 1. The molecular weight excluding hydrogens is 541 g/mol. The third-order valence-corrected chi connectivity index (χ3v) is 8.87. The molecule has 10 heteroatoms. The number of rotatable bonds is 7. The van der Waals surface area contributed by atoms with E-state index >= 15 is 0 Å². The molecule has 0 saturated carbocycles. The fourth-order valence-electron chi connectivity index (χ4n) is 4.75. The average Bonchev–Trinajstić information content (AvgIpc) is 2.94. The first-order valence-electron chi connectivity index (χ1n) is 12.4. The van der Waals surface area contributed by atoms with Crippen molar-refractivity contribution in [1.82, 2.24) is 14.8 Å². The third kappa shape index (κ3) is 5.90. The van der Waals surface area contributed by atoms with Crippen molar-refractivity contribution in [3.05, 3.63) is 100 Å². The Morgan fingerprint density at radius 3 is 2.46 bits per heavy atom. The van der Waals surface area contributed by atoms with Gasteiger partial charge in [0.1, 0.15) is 11.6 Å². The summed E-state index contributed by atoms with van der Waals surface area (Å²) < 4.78 is 45.9. The number of nitrogens with zero attached hydrogens (tertiary/aromatic N) is 3. The van der Waals surface area contributed by atoms with Gasteiger partial charge in [0.25, 0.3) is 5.91 Å². The van der Waals surface area contributed by atoms with Crippen molar-refractivity contribution < 1.29 is 22.3 Å². The number of ether oxygens (including phenoxy) is 1. The van der Waals surface area contributed by atoms with Crippen LogP contribution in [0.4, 0.5) is 4.39 Å². The number of carbonyl (C=O) groups excluding carboxylic acids is 1. The summed E-state index contributed by atoms with van der Waals surface area (Å²) in [6.07, 6.45) is 1.58. The molecule has 1 aromatic heterocycles. The van der Waals surface area contributed by atoms with E-state index in [2.05, 4.69) is 9.88 Å². The Balaban J connectivity index is 1.21. The lowest BCUT2D eigenvalue weighted by molar-refractivity contribution is 0.0627. The highest BCUT2D eigenvalue weighted by molar-refractivity contribution is 7.90. The molecule has 0 radical (unpaired) electrons. The lowest BCUT2D eigenvalue weighted by atomic mass is 10.1. The summed E-state index contributed by atoms with van der Waals surface area (Å²) in [5.41, 5.74) is 2.01. The minimum atomic E-state index is -3.64. The van der Waals surface area contributed by atoms with Crippen LogP contribution in [-0.4, -0.2) is 62.4 Å². The van der Waals surface area contributed by atoms with E-state index in [1.165, 1.54) is 13.2 Å². The summed E-state index contributed by atoms with van der Waals surface area (Å²) in [4.78, 5) is 21.4. The number of pyridine rings is 1. The van der Waals surface area contributed by atoms with E-state index < -0.39 is 15.7 Å². The maximum Gasteiger partial charge on any atom is 0.253 e. The van der Waals surface area contributed by atoms with Gasteiger partial charge < -0.3 is 9.64 Å². The highest BCUT2D eigenvalue weighted by Gasteiger charge is 2.24. The predicted octanol–water partition coefficient (Wildman–Crippen LogP) is 4.97. The molecule has 5 rings (SSSR count). The van der Waals surface area contributed by atoms with E-state index in [9.17, 15) is 17.6 Å². The second kappa shape index (κ2) is 11.3. The van der Waals surface area contributed by atoms with E-state index in [1.54, 1.807) is 59.6 Å². The first-order valence-corrected chi connectivity index (χ1v) is 14.5. The number of hydrogen-bond acceptors (Lipinski definition) is 6. The molecule has 4 aromatic rings. The lowest BCUT2D eigenvalue weighted by Crippen LogP contribution is -2.48. The van der Waals surface area contributed by atoms with Crippen LogP contribution >= 0.6 is 11.6 Å². The molecule has 3 aromatic carbocycles. The Morgan fingerprint density at radius 2 is 1.74 bits per heavy atom. The average molecular weight is 568 g/mol. The van der Waals surface area contributed by atoms with Gasteiger partial charge in [-0.15, -0.1) is 0 Å². The topological polar surface area (TPSA) is 79.8 Å². The van der Waals surface area contributed by atoms with Crippen molar-refractivity contribution in [2.24, 2.45) is 0 Å².